The average molecular weight is 351 g/mol. The number of hydrogen-bond acceptors (Lipinski definition) is 4. The number of nitrogens with zero attached hydrogens (tertiary/aromatic N) is 3. The minimum atomic E-state index is -0.0974. The van der Waals surface area contributed by atoms with E-state index in [1.807, 2.05) is 37.6 Å². The highest BCUT2D eigenvalue weighted by Crippen LogP contribution is 2.39. The molecule has 0 radical (unpaired) electrons. The zero-order valence-corrected chi connectivity index (χ0v) is 15.0. The Morgan fingerprint density at radius 3 is 2.78 bits per heavy atom. The average Bonchev–Trinajstić information content (AvgIpc) is 3.25. The molecule has 2 aromatic rings. The summed E-state index contributed by atoms with van der Waals surface area (Å²) in [6.07, 6.45) is 2.37. The standard InChI is InChI=1S/C16H19ClN4OS/c1-9-6-10(2)14(12(17)7-9)18-13(22)8-23-16-20-19-15(21(16)3)11-4-5-11/h6-7,11H,4-5,8H2,1-3H3,(H,18,22). The van der Waals surface area contributed by atoms with Crippen molar-refractivity contribution in [1.29, 1.82) is 0 Å². The van der Waals surface area contributed by atoms with Gasteiger partial charge in [0.05, 0.1) is 16.5 Å². The van der Waals surface area contributed by atoms with E-state index < -0.39 is 0 Å². The molecule has 1 amide bonds. The Hall–Kier alpha value is -1.53. The summed E-state index contributed by atoms with van der Waals surface area (Å²) in [5.41, 5.74) is 2.72. The SMILES string of the molecule is Cc1cc(C)c(NC(=O)CSc2nnc(C3CC3)n2C)c(Cl)c1. The van der Waals surface area contributed by atoms with Crippen LogP contribution in [-0.4, -0.2) is 26.4 Å². The van der Waals surface area contributed by atoms with Crippen molar-refractivity contribution in [3.8, 4) is 0 Å². The number of thioether (sulfide) groups is 1. The van der Waals surface area contributed by atoms with Gasteiger partial charge in [0.15, 0.2) is 5.16 Å². The lowest BCUT2D eigenvalue weighted by molar-refractivity contribution is -0.113. The van der Waals surface area contributed by atoms with Crippen molar-refractivity contribution in [2.24, 2.45) is 7.05 Å². The zero-order chi connectivity index (χ0) is 16.6. The molecule has 1 N–H and O–H groups in total. The Balaban J connectivity index is 1.62. The number of aryl methyl sites for hydroxylation is 2. The Kier molecular flexibility index (Phi) is 4.64. The van der Waals surface area contributed by atoms with E-state index in [4.69, 9.17) is 11.6 Å². The third-order valence-corrected chi connectivity index (χ3v) is 5.16. The van der Waals surface area contributed by atoms with Crippen molar-refractivity contribution >= 4 is 35.0 Å². The van der Waals surface area contributed by atoms with Crippen molar-refractivity contribution < 1.29 is 4.79 Å². The Morgan fingerprint density at radius 1 is 1.39 bits per heavy atom. The molecule has 1 heterocycles. The van der Waals surface area contributed by atoms with Gasteiger partial charge in [-0.25, -0.2) is 0 Å². The molecule has 0 aliphatic heterocycles. The van der Waals surface area contributed by atoms with E-state index in [1.165, 1.54) is 24.6 Å². The number of hydrogen-bond donors (Lipinski definition) is 1. The summed E-state index contributed by atoms with van der Waals surface area (Å²) in [6.45, 7) is 3.91. The van der Waals surface area contributed by atoms with Gasteiger partial charge in [-0.15, -0.1) is 10.2 Å². The Labute approximate surface area is 144 Å². The minimum absolute atomic E-state index is 0.0974. The van der Waals surface area contributed by atoms with Gasteiger partial charge in [0.1, 0.15) is 5.82 Å². The van der Waals surface area contributed by atoms with Crippen LogP contribution >= 0.6 is 23.4 Å². The first-order valence-corrected chi connectivity index (χ1v) is 8.90. The lowest BCUT2D eigenvalue weighted by Crippen LogP contribution is -2.15. The number of amides is 1. The second kappa shape index (κ2) is 6.53. The second-order valence-corrected chi connectivity index (χ2v) is 7.30. The zero-order valence-electron chi connectivity index (χ0n) is 13.4. The highest BCUT2D eigenvalue weighted by molar-refractivity contribution is 7.99. The van der Waals surface area contributed by atoms with E-state index in [0.29, 0.717) is 16.6 Å². The van der Waals surface area contributed by atoms with Gasteiger partial charge in [-0.05, 0) is 43.9 Å². The quantitative estimate of drug-likeness (QED) is 0.835. The van der Waals surface area contributed by atoms with Gasteiger partial charge in [-0.3, -0.25) is 4.79 Å². The van der Waals surface area contributed by atoms with Crippen LogP contribution in [0.5, 0.6) is 0 Å². The van der Waals surface area contributed by atoms with Crippen molar-refractivity contribution in [3.63, 3.8) is 0 Å². The maximum Gasteiger partial charge on any atom is 0.234 e. The smallest absolute Gasteiger partial charge is 0.234 e. The van der Waals surface area contributed by atoms with Crippen LogP contribution in [0.4, 0.5) is 5.69 Å². The van der Waals surface area contributed by atoms with Crippen LogP contribution in [0.1, 0.15) is 35.7 Å². The minimum Gasteiger partial charge on any atom is -0.324 e. The second-order valence-electron chi connectivity index (χ2n) is 5.95. The van der Waals surface area contributed by atoms with Gasteiger partial charge in [-0.2, -0.15) is 0 Å². The predicted octanol–water partition coefficient (Wildman–Crippen LogP) is 3.69. The molecule has 1 aromatic carbocycles. The number of halogens is 1. The van der Waals surface area contributed by atoms with Crippen molar-refractivity contribution in [2.45, 2.75) is 37.8 Å². The van der Waals surface area contributed by atoms with E-state index >= 15 is 0 Å². The van der Waals surface area contributed by atoms with Crippen LogP contribution in [0.2, 0.25) is 5.02 Å². The van der Waals surface area contributed by atoms with E-state index in [1.54, 1.807) is 0 Å². The van der Waals surface area contributed by atoms with Crippen LogP contribution in [0.25, 0.3) is 0 Å². The normalized spacial score (nSPS) is 14.1. The fourth-order valence-electron chi connectivity index (χ4n) is 2.53. The molecule has 0 bridgehead atoms. The molecule has 1 aliphatic carbocycles. The first-order valence-electron chi connectivity index (χ1n) is 7.54. The van der Waals surface area contributed by atoms with E-state index in [2.05, 4.69) is 15.5 Å². The molecule has 0 unspecified atom stereocenters. The van der Waals surface area contributed by atoms with Crippen LogP contribution in [0.15, 0.2) is 17.3 Å². The van der Waals surface area contributed by atoms with Crippen molar-refractivity contribution in [2.75, 3.05) is 11.1 Å². The molecule has 1 fully saturated rings. The molecule has 1 saturated carbocycles. The third kappa shape index (κ3) is 3.70. The molecular formula is C16H19ClN4OS. The highest BCUT2D eigenvalue weighted by atomic mass is 35.5. The predicted molar refractivity (Wildman–Crippen MR) is 93.3 cm³/mol. The molecule has 1 aromatic heterocycles. The number of benzene rings is 1. The van der Waals surface area contributed by atoms with Crippen LogP contribution < -0.4 is 5.32 Å². The number of nitrogens with one attached hydrogen (secondary N) is 1. The van der Waals surface area contributed by atoms with Gasteiger partial charge in [0.2, 0.25) is 5.91 Å². The fraction of sp³-hybridized carbons (Fsp3) is 0.438. The monoisotopic (exact) mass is 350 g/mol. The van der Waals surface area contributed by atoms with E-state index in [9.17, 15) is 4.79 Å². The topological polar surface area (TPSA) is 59.8 Å². The fourth-order valence-corrected chi connectivity index (χ4v) is 3.62. The molecule has 122 valence electrons. The van der Waals surface area contributed by atoms with Crippen LogP contribution in [0, 0.1) is 13.8 Å². The number of aromatic nitrogens is 3. The van der Waals surface area contributed by atoms with Crippen molar-refractivity contribution in [3.05, 3.63) is 34.1 Å². The first-order chi connectivity index (χ1) is 11.0. The third-order valence-electron chi connectivity index (χ3n) is 3.84. The van der Waals surface area contributed by atoms with Gasteiger partial charge < -0.3 is 9.88 Å². The summed E-state index contributed by atoms with van der Waals surface area (Å²) in [4.78, 5) is 12.2. The summed E-state index contributed by atoms with van der Waals surface area (Å²) < 4.78 is 1.99. The van der Waals surface area contributed by atoms with Gasteiger partial charge in [-0.1, -0.05) is 29.4 Å². The number of carbonyl (C=O) groups is 1. The summed E-state index contributed by atoms with van der Waals surface area (Å²) in [6, 6.07) is 3.85. The largest absolute Gasteiger partial charge is 0.324 e. The molecule has 23 heavy (non-hydrogen) atoms. The van der Waals surface area contributed by atoms with Crippen LogP contribution in [0.3, 0.4) is 0 Å². The summed E-state index contributed by atoms with van der Waals surface area (Å²) >= 11 is 7.61. The molecule has 1 aliphatic rings. The lowest BCUT2D eigenvalue weighted by Gasteiger charge is -2.11. The van der Waals surface area contributed by atoms with Gasteiger partial charge in [0.25, 0.3) is 0 Å². The molecular weight excluding hydrogens is 332 g/mol. The van der Waals surface area contributed by atoms with Crippen LogP contribution in [-0.2, 0) is 11.8 Å². The molecule has 3 rings (SSSR count). The highest BCUT2D eigenvalue weighted by Gasteiger charge is 2.29. The Morgan fingerprint density at radius 2 is 2.13 bits per heavy atom. The maximum atomic E-state index is 12.2. The summed E-state index contributed by atoms with van der Waals surface area (Å²) in [7, 11) is 1.95. The number of anilines is 1. The molecule has 7 heteroatoms. The van der Waals surface area contributed by atoms with Gasteiger partial charge in [0, 0.05) is 13.0 Å². The summed E-state index contributed by atoms with van der Waals surface area (Å²) in [5.74, 6) is 1.75. The molecule has 0 atom stereocenters. The number of rotatable bonds is 5. The number of carbonyl (C=O) groups excluding carboxylic acids is 1. The molecule has 0 spiro atoms. The maximum absolute atomic E-state index is 12.2. The van der Waals surface area contributed by atoms with Crippen molar-refractivity contribution in [1.82, 2.24) is 14.8 Å². The lowest BCUT2D eigenvalue weighted by atomic mass is 10.1. The summed E-state index contributed by atoms with van der Waals surface area (Å²) in [5, 5.41) is 12.6. The Bertz CT molecular complexity index is 732. The van der Waals surface area contributed by atoms with E-state index in [-0.39, 0.29) is 11.7 Å². The first kappa shape index (κ1) is 16.3. The van der Waals surface area contributed by atoms with E-state index in [0.717, 1.165) is 22.1 Å². The van der Waals surface area contributed by atoms with Gasteiger partial charge >= 0.3 is 0 Å². The molecule has 0 saturated heterocycles. The molecule has 5 nitrogen and oxygen atoms in total.